The largest absolute Gasteiger partial charge is 0.479 e. The molecule has 0 heterocycles. The van der Waals surface area contributed by atoms with E-state index in [4.69, 9.17) is 9.47 Å². The average Bonchev–Trinajstić information content (AvgIpc) is 2.74. The maximum atomic E-state index is 15.4. The molecule has 4 nitrogen and oxygen atoms in total. The number of rotatable bonds is 7. The molecule has 0 saturated heterocycles. The number of nitrogens with zero attached hydrogens (tertiary/aromatic N) is 1. The van der Waals surface area contributed by atoms with Crippen LogP contribution in [-0.4, -0.2) is 25.7 Å². The van der Waals surface area contributed by atoms with Gasteiger partial charge in [-0.05, 0) is 68.3 Å². The molecule has 0 saturated carbocycles. The zero-order chi connectivity index (χ0) is 24.3. The molecular formula is C25H23F4NO3. The third kappa shape index (κ3) is 5.45. The minimum absolute atomic E-state index is 0.0843. The molecule has 0 aliphatic rings. The molecule has 0 spiro atoms. The fraction of sp³-hybridized carbons (Fsp3) is 0.240. The number of hydrogen-bond acceptors (Lipinski definition) is 4. The highest BCUT2D eigenvalue weighted by Gasteiger charge is 2.24. The van der Waals surface area contributed by atoms with Gasteiger partial charge in [0.15, 0.2) is 24.0 Å². The zero-order valence-electron chi connectivity index (χ0n) is 18.6. The molecule has 0 bridgehead atoms. The van der Waals surface area contributed by atoms with Gasteiger partial charge in [0.25, 0.3) is 0 Å². The van der Waals surface area contributed by atoms with Crippen LogP contribution >= 0.6 is 0 Å². The molecule has 0 aliphatic carbocycles. The number of anilines is 2. The van der Waals surface area contributed by atoms with Crippen LogP contribution in [0.1, 0.15) is 19.4 Å². The maximum absolute atomic E-state index is 15.4. The average molecular weight is 461 g/mol. The molecule has 0 radical (unpaired) electrons. The van der Waals surface area contributed by atoms with E-state index in [0.717, 1.165) is 17.0 Å². The summed E-state index contributed by atoms with van der Waals surface area (Å²) in [6.07, 6.45) is -0.377. The van der Waals surface area contributed by atoms with Crippen molar-refractivity contribution in [3.05, 3.63) is 77.4 Å². The Bertz CT molecular complexity index is 1180. The first kappa shape index (κ1) is 24.1. The Morgan fingerprint density at radius 3 is 2.39 bits per heavy atom. The van der Waals surface area contributed by atoms with E-state index in [0.29, 0.717) is 5.56 Å². The third-order valence-corrected chi connectivity index (χ3v) is 4.77. The predicted molar refractivity (Wildman–Crippen MR) is 118 cm³/mol. The van der Waals surface area contributed by atoms with Crippen molar-refractivity contribution in [1.29, 1.82) is 0 Å². The Hall–Kier alpha value is -3.55. The van der Waals surface area contributed by atoms with Crippen molar-refractivity contribution in [2.45, 2.75) is 26.9 Å². The molecule has 0 aromatic heterocycles. The fourth-order valence-electron chi connectivity index (χ4n) is 3.36. The number of carbonyl (C=O) groups excluding carboxylic acids is 1. The van der Waals surface area contributed by atoms with Crippen molar-refractivity contribution in [3.63, 3.8) is 0 Å². The lowest BCUT2D eigenvalue weighted by Gasteiger charge is -2.24. The van der Waals surface area contributed by atoms with Gasteiger partial charge in [0.05, 0.1) is 11.8 Å². The molecule has 0 aliphatic heterocycles. The minimum Gasteiger partial charge on any atom is -0.479 e. The lowest BCUT2D eigenvalue weighted by molar-refractivity contribution is -0.149. The van der Waals surface area contributed by atoms with Crippen LogP contribution < -0.4 is 9.64 Å². The Balaban J connectivity index is 2.00. The number of esters is 1. The van der Waals surface area contributed by atoms with Gasteiger partial charge in [0.2, 0.25) is 0 Å². The van der Waals surface area contributed by atoms with E-state index in [1.54, 1.807) is 20.8 Å². The summed E-state index contributed by atoms with van der Waals surface area (Å²) < 4.78 is 69.0. The number of ether oxygens (including phenoxy) is 2. The summed E-state index contributed by atoms with van der Waals surface area (Å²) in [6.45, 7) is 4.41. The van der Waals surface area contributed by atoms with Gasteiger partial charge in [-0.15, -0.1) is 0 Å². The summed E-state index contributed by atoms with van der Waals surface area (Å²) in [4.78, 5) is 12.7. The van der Waals surface area contributed by atoms with Gasteiger partial charge in [-0.2, -0.15) is 0 Å². The van der Waals surface area contributed by atoms with Gasteiger partial charge in [0, 0.05) is 12.6 Å². The van der Waals surface area contributed by atoms with Crippen LogP contribution in [0.3, 0.4) is 0 Å². The molecule has 0 amide bonds. The van der Waals surface area contributed by atoms with Crippen LogP contribution in [0.25, 0.3) is 11.1 Å². The Labute approximate surface area is 189 Å². The Kier molecular flexibility index (Phi) is 7.26. The minimum atomic E-state index is -1.11. The molecule has 0 fully saturated rings. The molecule has 3 aromatic rings. The number of hydrogen-bond donors (Lipinski definition) is 0. The van der Waals surface area contributed by atoms with E-state index in [1.807, 2.05) is 0 Å². The van der Waals surface area contributed by atoms with E-state index in [2.05, 4.69) is 0 Å². The Morgan fingerprint density at radius 1 is 1.00 bits per heavy atom. The van der Waals surface area contributed by atoms with E-state index < -0.39 is 47.3 Å². The summed E-state index contributed by atoms with van der Waals surface area (Å²) in [7, 11) is 1.30. The summed E-state index contributed by atoms with van der Waals surface area (Å²) in [5.41, 5.74) is 0.276. The van der Waals surface area contributed by atoms with Crippen molar-refractivity contribution in [3.8, 4) is 16.9 Å². The SMILES string of the molecule is Cc1cc(-c2cccc(F)c2)c(F)c(N(C)c2c(F)ccc(OCC(=O)OC(C)C)c2F)c1. The highest BCUT2D eigenvalue weighted by molar-refractivity contribution is 5.75. The summed E-state index contributed by atoms with van der Waals surface area (Å²) in [6, 6.07) is 10.3. The van der Waals surface area contributed by atoms with E-state index >= 15 is 8.78 Å². The topological polar surface area (TPSA) is 38.8 Å². The van der Waals surface area contributed by atoms with Gasteiger partial charge >= 0.3 is 5.97 Å². The second kappa shape index (κ2) is 9.94. The highest BCUT2D eigenvalue weighted by Crippen LogP contribution is 2.38. The van der Waals surface area contributed by atoms with Crippen LogP contribution in [0.4, 0.5) is 28.9 Å². The first-order valence-corrected chi connectivity index (χ1v) is 10.2. The van der Waals surface area contributed by atoms with Crippen LogP contribution in [0, 0.1) is 30.2 Å². The molecule has 3 rings (SSSR count). The number of carbonyl (C=O) groups is 1. The fourth-order valence-corrected chi connectivity index (χ4v) is 3.36. The molecule has 3 aromatic carbocycles. The van der Waals surface area contributed by atoms with Crippen LogP contribution in [0.2, 0.25) is 0 Å². The molecule has 174 valence electrons. The molecule has 33 heavy (non-hydrogen) atoms. The normalized spacial score (nSPS) is 10.9. The predicted octanol–water partition coefficient (Wildman–Crippen LogP) is 6.32. The molecule has 0 unspecified atom stereocenters. The number of aryl methyl sites for hydroxylation is 1. The van der Waals surface area contributed by atoms with Crippen molar-refractivity contribution >= 4 is 17.3 Å². The Morgan fingerprint density at radius 2 is 1.73 bits per heavy atom. The monoisotopic (exact) mass is 461 g/mol. The molecule has 8 heteroatoms. The smallest absolute Gasteiger partial charge is 0.344 e. The van der Waals surface area contributed by atoms with Gasteiger partial charge in [0.1, 0.15) is 17.3 Å². The van der Waals surface area contributed by atoms with Gasteiger partial charge in [-0.25, -0.2) is 22.4 Å². The van der Waals surface area contributed by atoms with Crippen molar-refractivity contribution < 1.29 is 31.8 Å². The summed E-state index contributed by atoms with van der Waals surface area (Å²) in [5, 5.41) is 0. The summed E-state index contributed by atoms with van der Waals surface area (Å²) >= 11 is 0. The van der Waals surface area contributed by atoms with E-state index in [9.17, 15) is 13.6 Å². The van der Waals surface area contributed by atoms with Crippen molar-refractivity contribution in [2.24, 2.45) is 0 Å². The first-order chi connectivity index (χ1) is 15.6. The van der Waals surface area contributed by atoms with Gasteiger partial charge < -0.3 is 14.4 Å². The highest BCUT2D eigenvalue weighted by atomic mass is 19.1. The number of halogens is 4. The second-order valence-corrected chi connectivity index (χ2v) is 7.75. The second-order valence-electron chi connectivity index (χ2n) is 7.75. The van der Waals surface area contributed by atoms with Crippen molar-refractivity contribution in [2.75, 3.05) is 18.6 Å². The zero-order valence-corrected chi connectivity index (χ0v) is 18.6. The van der Waals surface area contributed by atoms with Crippen molar-refractivity contribution in [1.82, 2.24) is 0 Å². The standard InChI is InChI=1S/C25H23F4NO3/c1-14(2)33-22(31)13-32-21-9-8-19(27)25(24(21)29)30(4)20-11-15(3)10-18(23(20)28)16-6-5-7-17(26)12-16/h5-12,14H,13H2,1-4H3. The van der Waals surface area contributed by atoms with Gasteiger partial charge in [-0.3, -0.25) is 0 Å². The van der Waals surface area contributed by atoms with Gasteiger partial charge in [-0.1, -0.05) is 12.1 Å². The third-order valence-electron chi connectivity index (χ3n) is 4.77. The van der Waals surface area contributed by atoms with Crippen LogP contribution in [-0.2, 0) is 9.53 Å². The summed E-state index contributed by atoms with van der Waals surface area (Å²) in [5.74, 6) is -4.49. The quantitative estimate of drug-likeness (QED) is 0.305. The van der Waals surface area contributed by atoms with Crippen LogP contribution in [0.5, 0.6) is 5.75 Å². The first-order valence-electron chi connectivity index (χ1n) is 10.2. The molecule has 0 atom stereocenters. The maximum Gasteiger partial charge on any atom is 0.344 e. The molecule has 0 N–H and O–H groups in total. The van der Waals surface area contributed by atoms with E-state index in [1.165, 1.54) is 43.4 Å². The number of benzene rings is 3. The lowest BCUT2D eigenvalue weighted by atomic mass is 10.0. The van der Waals surface area contributed by atoms with E-state index in [-0.39, 0.29) is 22.9 Å². The lowest BCUT2D eigenvalue weighted by Crippen LogP contribution is -2.20. The van der Waals surface area contributed by atoms with Crippen LogP contribution in [0.15, 0.2) is 48.5 Å². The molecular weight excluding hydrogens is 438 g/mol.